The summed E-state index contributed by atoms with van der Waals surface area (Å²) < 4.78 is 13.2. The van der Waals surface area contributed by atoms with E-state index in [4.69, 9.17) is 5.73 Å². The molecule has 0 unspecified atom stereocenters. The lowest BCUT2D eigenvalue weighted by Gasteiger charge is -2.05. The maximum absolute atomic E-state index is 13.2. The van der Waals surface area contributed by atoms with Gasteiger partial charge in [0.1, 0.15) is 11.6 Å². The SMILES string of the molecule is Cc1cc(-c2cc(N)n[nH]2)c(C)cc1F. The lowest BCUT2D eigenvalue weighted by atomic mass is 10.0. The van der Waals surface area contributed by atoms with Gasteiger partial charge < -0.3 is 5.73 Å². The molecule has 15 heavy (non-hydrogen) atoms. The van der Waals surface area contributed by atoms with Crippen molar-refractivity contribution in [1.82, 2.24) is 10.2 Å². The van der Waals surface area contributed by atoms with Crippen molar-refractivity contribution in [2.75, 3.05) is 5.73 Å². The number of aromatic nitrogens is 2. The van der Waals surface area contributed by atoms with E-state index in [1.54, 1.807) is 19.1 Å². The van der Waals surface area contributed by atoms with Crippen molar-refractivity contribution < 1.29 is 4.39 Å². The van der Waals surface area contributed by atoms with Crippen LogP contribution in [0.15, 0.2) is 18.2 Å². The number of nitrogens with one attached hydrogen (secondary N) is 1. The Labute approximate surface area is 87.1 Å². The molecule has 0 aliphatic carbocycles. The topological polar surface area (TPSA) is 54.7 Å². The van der Waals surface area contributed by atoms with Gasteiger partial charge in [0.15, 0.2) is 0 Å². The Morgan fingerprint density at radius 2 is 1.93 bits per heavy atom. The summed E-state index contributed by atoms with van der Waals surface area (Å²) in [5.41, 5.74) is 8.74. The van der Waals surface area contributed by atoms with E-state index in [0.717, 1.165) is 16.8 Å². The number of nitrogens with two attached hydrogens (primary N) is 1. The quantitative estimate of drug-likeness (QED) is 0.751. The molecule has 0 atom stereocenters. The monoisotopic (exact) mass is 205 g/mol. The van der Waals surface area contributed by atoms with Crippen molar-refractivity contribution in [2.45, 2.75) is 13.8 Å². The molecular formula is C11H12FN3. The van der Waals surface area contributed by atoms with Crippen LogP contribution in [0, 0.1) is 19.7 Å². The first-order valence-corrected chi connectivity index (χ1v) is 4.66. The van der Waals surface area contributed by atoms with Crippen LogP contribution in [0.4, 0.5) is 10.2 Å². The van der Waals surface area contributed by atoms with Crippen LogP contribution in [-0.2, 0) is 0 Å². The minimum atomic E-state index is -0.191. The van der Waals surface area contributed by atoms with Gasteiger partial charge in [-0.1, -0.05) is 0 Å². The summed E-state index contributed by atoms with van der Waals surface area (Å²) in [7, 11) is 0. The predicted octanol–water partition coefficient (Wildman–Crippen LogP) is 2.41. The largest absolute Gasteiger partial charge is 0.382 e. The third-order valence-corrected chi connectivity index (χ3v) is 2.39. The van der Waals surface area contributed by atoms with Gasteiger partial charge in [0.05, 0.1) is 5.69 Å². The van der Waals surface area contributed by atoms with Crippen LogP contribution in [0.3, 0.4) is 0 Å². The number of benzene rings is 1. The van der Waals surface area contributed by atoms with Gasteiger partial charge in [0.2, 0.25) is 0 Å². The van der Waals surface area contributed by atoms with E-state index in [2.05, 4.69) is 10.2 Å². The summed E-state index contributed by atoms with van der Waals surface area (Å²) in [4.78, 5) is 0. The maximum atomic E-state index is 13.2. The fourth-order valence-electron chi connectivity index (χ4n) is 1.55. The van der Waals surface area contributed by atoms with Gasteiger partial charge in [0.25, 0.3) is 0 Å². The van der Waals surface area contributed by atoms with Crippen LogP contribution in [0.5, 0.6) is 0 Å². The Balaban J connectivity index is 2.58. The highest BCUT2D eigenvalue weighted by Gasteiger charge is 2.08. The summed E-state index contributed by atoms with van der Waals surface area (Å²) in [6, 6.07) is 5.04. The minimum absolute atomic E-state index is 0.191. The van der Waals surface area contributed by atoms with E-state index in [9.17, 15) is 4.39 Å². The van der Waals surface area contributed by atoms with Gasteiger partial charge in [0, 0.05) is 11.6 Å². The van der Waals surface area contributed by atoms with Gasteiger partial charge in [-0.05, 0) is 37.1 Å². The second kappa shape index (κ2) is 3.38. The number of H-pyrrole nitrogens is 1. The predicted molar refractivity (Wildman–Crippen MR) is 57.9 cm³/mol. The average molecular weight is 205 g/mol. The van der Waals surface area contributed by atoms with Crippen LogP contribution in [0.25, 0.3) is 11.3 Å². The molecule has 0 aliphatic heterocycles. The molecule has 2 aromatic rings. The van der Waals surface area contributed by atoms with Gasteiger partial charge in [-0.25, -0.2) is 4.39 Å². The Morgan fingerprint density at radius 1 is 1.20 bits per heavy atom. The average Bonchev–Trinajstić information content (AvgIpc) is 2.58. The van der Waals surface area contributed by atoms with Crippen molar-refractivity contribution in [1.29, 1.82) is 0 Å². The Hall–Kier alpha value is -1.84. The molecule has 0 radical (unpaired) electrons. The summed E-state index contributed by atoms with van der Waals surface area (Å²) in [5.74, 6) is 0.245. The molecule has 3 N–H and O–H groups in total. The summed E-state index contributed by atoms with van der Waals surface area (Å²) >= 11 is 0. The molecule has 1 heterocycles. The normalized spacial score (nSPS) is 10.6. The number of anilines is 1. The lowest BCUT2D eigenvalue weighted by Crippen LogP contribution is -1.89. The first kappa shape index (κ1) is 9.71. The minimum Gasteiger partial charge on any atom is -0.382 e. The molecular weight excluding hydrogens is 193 g/mol. The van der Waals surface area contributed by atoms with E-state index in [0.29, 0.717) is 11.4 Å². The first-order chi connectivity index (χ1) is 7.08. The van der Waals surface area contributed by atoms with Gasteiger partial charge >= 0.3 is 0 Å². The zero-order valence-electron chi connectivity index (χ0n) is 8.63. The number of hydrogen-bond acceptors (Lipinski definition) is 2. The molecule has 3 nitrogen and oxygen atoms in total. The number of hydrogen-bond donors (Lipinski definition) is 2. The Kier molecular flexibility index (Phi) is 2.19. The van der Waals surface area contributed by atoms with E-state index in [1.165, 1.54) is 6.07 Å². The number of rotatable bonds is 1. The van der Waals surface area contributed by atoms with Crippen LogP contribution < -0.4 is 5.73 Å². The number of aryl methyl sites for hydroxylation is 2. The standard InChI is InChI=1S/C11H12FN3/c1-6-4-9(12)7(2)3-8(6)10-5-11(13)15-14-10/h3-5H,1-2H3,(H3,13,14,15). The van der Waals surface area contributed by atoms with E-state index in [1.807, 2.05) is 6.92 Å². The fourth-order valence-corrected chi connectivity index (χ4v) is 1.55. The maximum Gasteiger partial charge on any atom is 0.145 e. The highest BCUT2D eigenvalue weighted by Crippen LogP contribution is 2.25. The first-order valence-electron chi connectivity index (χ1n) is 4.66. The van der Waals surface area contributed by atoms with Gasteiger partial charge in [-0.15, -0.1) is 0 Å². The molecule has 0 spiro atoms. The lowest BCUT2D eigenvalue weighted by molar-refractivity contribution is 0.617. The highest BCUT2D eigenvalue weighted by molar-refractivity contribution is 5.66. The third-order valence-electron chi connectivity index (χ3n) is 2.39. The van der Waals surface area contributed by atoms with Crippen LogP contribution >= 0.6 is 0 Å². The molecule has 0 fully saturated rings. The van der Waals surface area contributed by atoms with Crippen molar-refractivity contribution in [3.05, 3.63) is 35.1 Å². The summed E-state index contributed by atoms with van der Waals surface area (Å²) in [5, 5.41) is 6.66. The Morgan fingerprint density at radius 3 is 2.53 bits per heavy atom. The second-order valence-corrected chi connectivity index (χ2v) is 3.62. The molecule has 0 saturated carbocycles. The molecule has 78 valence electrons. The molecule has 1 aromatic carbocycles. The van der Waals surface area contributed by atoms with E-state index in [-0.39, 0.29) is 5.82 Å². The number of aromatic amines is 1. The van der Waals surface area contributed by atoms with Gasteiger partial charge in [-0.3, -0.25) is 5.10 Å². The smallest absolute Gasteiger partial charge is 0.145 e. The molecule has 0 aliphatic rings. The molecule has 2 rings (SSSR count). The van der Waals surface area contributed by atoms with Gasteiger partial charge in [-0.2, -0.15) is 5.10 Å². The molecule has 0 bridgehead atoms. The zero-order valence-corrected chi connectivity index (χ0v) is 8.63. The third kappa shape index (κ3) is 1.70. The molecule has 1 aromatic heterocycles. The zero-order chi connectivity index (χ0) is 11.0. The molecule has 0 saturated heterocycles. The summed E-state index contributed by atoms with van der Waals surface area (Å²) in [6.07, 6.45) is 0. The second-order valence-electron chi connectivity index (χ2n) is 3.62. The van der Waals surface area contributed by atoms with E-state index < -0.39 is 0 Å². The number of nitrogens with zero attached hydrogens (tertiary/aromatic N) is 1. The Bertz CT molecular complexity index is 503. The fraction of sp³-hybridized carbons (Fsp3) is 0.182. The highest BCUT2D eigenvalue weighted by atomic mass is 19.1. The van der Waals surface area contributed by atoms with Crippen molar-refractivity contribution >= 4 is 5.82 Å². The molecule has 4 heteroatoms. The van der Waals surface area contributed by atoms with Crippen molar-refractivity contribution in [2.24, 2.45) is 0 Å². The van der Waals surface area contributed by atoms with Crippen molar-refractivity contribution in [3.63, 3.8) is 0 Å². The summed E-state index contributed by atoms with van der Waals surface area (Å²) in [6.45, 7) is 3.59. The number of nitrogen functional groups attached to an aromatic ring is 1. The van der Waals surface area contributed by atoms with Crippen LogP contribution in [0.1, 0.15) is 11.1 Å². The van der Waals surface area contributed by atoms with Crippen LogP contribution in [0.2, 0.25) is 0 Å². The van der Waals surface area contributed by atoms with Crippen LogP contribution in [-0.4, -0.2) is 10.2 Å². The van der Waals surface area contributed by atoms with E-state index >= 15 is 0 Å². The number of halogens is 1. The molecule has 0 amide bonds. The van der Waals surface area contributed by atoms with Crippen molar-refractivity contribution in [3.8, 4) is 11.3 Å².